The van der Waals surface area contributed by atoms with Crippen LogP contribution in [0.5, 0.6) is 0 Å². The van der Waals surface area contributed by atoms with Crippen molar-refractivity contribution in [1.29, 1.82) is 0 Å². The Morgan fingerprint density at radius 3 is 2.52 bits per heavy atom. The van der Waals surface area contributed by atoms with Crippen molar-refractivity contribution in [3.05, 3.63) is 14.7 Å². The molecule has 1 N–H and O–H groups in total. The van der Waals surface area contributed by atoms with Crippen molar-refractivity contribution in [1.82, 2.24) is 9.62 Å². The predicted octanol–water partition coefficient (Wildman–Crippen LogP) is 2.97. The average molecular weight is 393 g/mol. The number of aryl methyl sites for hydroxylation is 1. The lowest BCUT2D eigenvalue weighted by molar-refractivity contribution is 0.267. The molecule has 0 unspecified atom stereocenters. The summed E-state index contributed by atoms with van der Waals surface area (Å²) in [7, 11) is -3.32. The van der Waals surface area contributed by atoms with Crippen LogP contribution in [-0.2, 0) is 10.0 Å². The second-order valence-corrected chi connectivity index (χ2v) is 10.5. The van der Waals surface area contributed by atoms with Gasteiger partial charge in [0.1, 0.15) is 0 Å². The van der Waals surface area contributed by atoms with Crippen LogP contribution in [-0.4, -0.2) is 38.4 Å². The summed E-state index contributed by atoms with van der Waals surface area (Å²) >= 11 is 4.86. The molecule has 1 aromatic heterocycles. The Morgan fingerprint density at radius 2 is 2.00 bits per heavy atom. The van der Waals surface area contributed by atoms with Gasteiger partial charge in [0.25, 0.3) is 0 Å². The van der Waals surface area contributed by atoms with Gasteiger partial charge in [-0.25, -0.2) is 8.42 Å². The number of rotatable bonds is 5. The molecule has 7 heteroatoms. The molecule has 2 aliphatic rings. The van der Waals surface area contributed by atoms with E-state index in [1.54, 1.807) is 10.4 Å². The number of sulfonamides is 1. The van der Waals surface area contributed by atoms with Crippen LogP contribution in [0.2, 0.25) is 0 Å². The third-order valence-electron chi connectivity index (χ3n) is 4.31. The molecule has 0 aromatic carbocycles. The molecule has 21 heavy (non-hydrogen) atoms. The molecule has 118 valence electrons. The predicted molar refractivity (Wildman–Crippen MR) is 89.3 cm³/mol. The molecule has 0 spiro atoms. The third kappa shape index (κ3) is 3.69. The zero-order valence-corrected chi connectivity index (χ0v) is 15.4. The van der Waals surface area contributed by atoms with Crippen LogP contribution in [0.25, 0.3) is 0 Å². The number of hydrogen-bond acceptors (Lipinski definition) is 4. The van der Waals surface area contributed by atoms with E-state index in [0.717, 1.165) is 34.1 Å². The quantitative estimate of drug-likeness (QED) is 0.837. The number of nitrogens with one attached hydrogen (secondary N) is 1. The largest absolute Gasteiger partial charge is 0.314 e. The van der Waals surface area contributed by atoms with Crippen molar-refractivity contribution in [2.24, 2.45) is 5.92 Å². The maximum absolute atomic E-state index is 12.7. The van der Waals surface area contributed by atoms with E-state index in [1.165, 1.54) is 24.2 Å². The van der Waals surface area contributed by atoms with Crippen LogP contribution in [0.3, 0.4) is 0 Å². The number of piperidine rings is 1. The molecule has 0 radical (unpaired) electrons. The molecule has 1 aromatic rings. The summed E-state index contributed by atoms with van der Waals surface area (Å²) in [5.41, 5.74) is 0. The van der Waals surface area contributed by atoms with Gasteiger partial charge in [0.2, 0.25) is 10.0 Å². The fraction of sp³-hybridized carbons (Fsp3) is 0.714. The van der Waals surface area contributed by atoms with Gasteiger partial charge in [-0.15, -0.1) is 11.3 Å². The fourth-order valence-corrected chi connectivity index (χ4v) is 6.65. The van der Waals surface area contributed by atoms with E-state index in [1.807, 2.05) is 6.92 Å². The van der Waals surface area contributed by atoms with Crippen LogP contribution in [0.4, 0.5) is 0 Å². The summed E-state index contributed by atoms with van der Waals surface area (Å²) in [6.45, 7) is 4.20. The first-order valence-electron chi connectivity index (χ1n) is 7.46. The van der Waals surface area contributed by atoms with Gasteiger partial charge in [0, 0.05) is 24.0 Å². The second-order valence-electron chi connectivity index (χ2n) is 6.00. The van der Waals surface area contributed by atoms with Crippen molar-refractivity contribution in [2.45, 2.75) is 43.5 Å². The number of hydrogen-bond donors (Lipinski definition) is 1. The Hall–Kier alpha value is 0.0500. The summed E-state index contributed by atoms with van der Waals surface area (Å²) < 4.78 is 27.9. The highest BCUT2D eigenvalue weighted by Crippen LogP contribution is 2.33. The Labute approximate surface area is 139 Å². The van der Waals surface area contributed by atoms with Gasteiger partial charge in [0.05, 0.1) is 8.68 Å². The van der Waals surface area contributed by atoms with Crippen molar-refractivity contribution >= 4 is 37.3 Å². The zero-order chi connectivity index (χ0) is 15.0. The molecular weight excluding hydrogens is 372 g/mol. The molecular formula is C14H21BrN2O2S2. The molecule has 1 saturated carbocycles. The van der Waals surface area contributed by atoms with Gasteiger partial charge >= 0.3 is 0 Å². The molecule has 3 rings (SSSR count). The minimum atomic E-state index is -3.32. The molecule has 0 bridgehead atoms. The van der Waals surface area contributed by atoms with E-state index < -0.39 is 10.0 Å². The Bertz CT molecular complexity index is 602. The van der Waals surface area contributed by atoms with E-state index in [2.05, 4.69) is 21.2 Å². The molecule has 1 aliphatic carbocycles. The maximum Gasteiger partial charge on any atom is 0.244 e. The minimum absolute atomic E-state index is 0.467. The Kier molecular flexibility index (Phi) is 4.76. The number of thiophene rings is 1. The van der Waals surface area contributed by atoms with E-state index >= 15 is 0 Å². The van der Waals surface area contributed by atoms with Crippen molar-refractivity contribution in [3.8, 4) is 0 Å². The second kappa shape index (κ2) is 6.28. The van der Waals surface area contributed by atoms with Gasteiger partial charge in [-0.2, -0.15) is 4.31 Å². The molecule has 1 aliphatic heterocycles. The van der Waals surface area contributed by atoms with E-state index in [9.17, 15) is 8.42 Å². The third-order valence-corrected chi connectivity index (χ3v) is 8.01. The standard InChI is InChI=1S/C14H21BrN2O2S2/c1-10-13(8-14(15)20-10)21(18,19)17-6-4-11(5-7-17)9-16-12-2-3-12/h8,11-12,16H,2-7,9H2,1H3. The number of nitrogens with zero attached hydrogens (tertiary/aromatic N) is 1. The fourth-order valence-electron chi connectivity index (χ4n) is 2.80. The SMILES string of the molecule is Cc1sc(Br)cc1S(=O)(=O)N1CCC(CNC2CC2)CC1. The maximum atomic E-state index is 12.7. The van der Waals surface area contributed by atoms with Crippen LogP contribution in [0.15, 0.2) is 14.7 Å². The summed E-state index contributed by atoms with van der Waals surface area (Å²) in [6.07, 6.45) is 4.53. The Morgan fingerprint density at radius 1 is 1.33 bits per heavy atom. The lowest BCUT2D eigenvalue weighted by Crippen LogP contribution is -2.41. The van der Waals surface area contributed by atoms with Crippen molar-refractivity contribution in [2.75, 3.05) is 19.6 Å². The van der Waals surface area contributed by atoms with Gasteiger partial charge in [-0.05, 0) is 67.1 Å². The highest BCUT2D eigenvalue weighted by Gasteiger charge is 2.32. The minimum Gasteiger partial charge on any atom is -0.314 e. The van der Waals surface area contributed by atoms with E-state index in [-0.39, 0.29) is 0 Å². The van der Waals surface area contributed by atoms with Gasteiger partial charge in [-0.3, -0.25) is 0 Å². The monoisotopic (exact) mass is 392 g/mol. The molecule has 0 atom stereocenters. The molecule has 2 heterocycles. The average Bonchev–Trinajstić information content (AvgIpc) is 3.21. The first-order chi connectivity index (χ1) is 9.96. The molecule has 4 nitrogen and oxygen atoms in total. The summed E-state index contributed by atoms with van der Waals surface area (Å²) in [5, 5.41) is 3.55. The summed E-state index contributed by atoms with van der Waals surface area (Å²) in [6, 6.07) is 2.47. The molecule has 0 amide bonds. The zero-order valence-electron chi connectivity index (χ0n) is 12.1. The first-order valence-corrected chi connectivity index (χ1v) is 10.5. The van der Waals surface area contributed by atoms with Crippen LogP contribution >= 0.6 is 27.3 Å². The highest BCUT2D eigenvalue weighted by molar-refractivity contribution is 9.11. The van der Waals surface area contributed by atoms with Crippen LogP contribution in [0.1, 0.15) is 30.6 Å². The van der Waals surface area contributed by atoms with Crippen molar-refractivity contribution < 1.29 is 8.42 Å². The topological polar surface area (TPSA) is 49.4 Å². The summed E-state index contributed by atoms with van der Waals surface area (Å²) in [5.74, 6) is 0.618. The smallest absolute Gasteiger partial charge is 0.244 e. The molecule has 2 fully saturated rings. The van der Waals surface area contributed by atoms with Gasteiger partial charge in [0.15, 0.2) is 0 Å². The van der Waals surface area contributed by atoms with E-state index in [4.69, 9.17) is 0 Å². The van der Waals surface area contributed by atoms with Crippen LogP contribution < -0.4 is 5.32 Å². The van der Waals surface area contributed by atoms with E-state index in [0.29, 0.717) is 23.9 Å². The van der Waals surface area contributed by atoms with Gasteiger partial charge < -0.3 is 5.32 Å². The van der Waals surface area contributed by atoms with Crippen LogP contribution in [0, 0.1) is 12.8 Å². The first kappa shape index (κ1) is 15.9. The Balaban J connectivity index is 1.61. The van der Waals surface area contributed by atoms with Crippen molar-refractivity contribution in [3.63, 3.8) is 0 Å². The molecule has 1 saturated heterocycles. The lowest BCUT2D eigenvalue weighted by Gasteiger charge is -2.31. The highest BCUT2D eigenvalue weighted by atomic mass is 79.9. The lowest BCUT2D eigenvalue weighted by atomic mass is 9.98. The summed E-state index contributed by atoms with van der Waals surface area (Å²) in [4.78, 5) is 1.33. The number of halogens is 1. The van der Waals surface area contributed by atoms with Gasteiger partial charge in [-0.1, -0.05) is 0 Å². The normalized spacial score (nSPS) is 21.8.